The average molecular weight is 737 g/mol. The molecule has 6 rings (SSSR count). The second-order valence-corrected chi connectivity index (χ2v) is 13.8. The van der Waals surface area contributed by atoms with Gasteiger partial charge < -0.3 is 24.8 Å². The highest BCUT2D eigenvalue weighted by Crippen LogP contribution is 2.33. The predicted molar refractivity (Wildman–Crippen MR) is 196 cm³/mol. The number of halogens is 1. The van der Waals surface area contributed by atoms with E-state index in [0.29, 0.717) is 32.1 Å². The number of carbonyl (C=O) groups excluding carboxylic acids is 3. The summed E-state index contributed by atoms with van der Waals surface area (Å²) in [5, 5.41) is 26.4. The molecule has 4 heterocycles. The van der Waals surface area contributed by atoms with Crippen molar-refractivity contribution in [3.63, 3.8) is 0 Å². The molecule has 0 atom stereocenters. The molecule has 0 spiro atoms. The standard InChI is InChI=1S/C18H27N3O3.C11H18O4.C7H11N3.CH4.ClH/c1-3-24-18(23)14-6-4-13(5-7-14)10-17(22)21-9-8-15-12(2)19-20-16(15)11-21;1-2-15-11(14)9-5-3-8(4-6-9)7-10(12)13;1-5-6-2-3-8-4-7(6)10-9-5;;/h13-14H,3-11H2,1-2H3,(H,19,20);8-9H,2-7H2,1H3,(H,12,13);8H,2-4H2,1H3,(H,9,10);1H4;1H. The SMILES string of the molecule is C.CCOC(=O)C1CCC(CC(=O)N2CCc3c(n[nH]c3C)C2)CC1.CCOC(=O)C1CCC(CC(=O)O)CC1.Cc1[nH]nc2c1CCNC2.Cl. The van der Waals surface area contributed by atoms with Crippen LogP contribution >= 0.6 is 12.4 Å². The molecule has 0 unspecified atom stereocenters. The van der Waals surface area contributed by atoms with E-state index < -0.39 is 5.97 Å². The van der Waals surface area contributed by atoms with Gasteiger partial charge in [-0.15, -0.1) is 12.4 Å². The molecule has 2 aromatic rings. The van der Waals surface area contributed by atoms with E-state index in [0.717, 1.165) is 95.2 Å². The summed E-state index contributed by atoms with van der Waals surface area (Å²) in [6.45, 7) is 12.0. The Bertz CT molecular complexity index is 1400. The number of hydrogen-bond acceptors (Lipinski definition) is 9. The summed E-state index contributed by atoms with van der Waals surface area (Å²) in [6.07, 6.45) is 9.62. The first-order chi connectivity index (χ1) is 23.6. The summed E-state index contributed by atoms with van der Waals surface area (Å²) in [5.41, 5.74) is 7.25. The first-order valence-electron chi connectivity index (χ1n) is 18.2. The lowest BCUT2D eigenvalue weighted by Gasteiger charge is -2.31. The number of aryl methyl sites for hydroxylation is 2. The molecular formula is C37H61ClN6O7. The van der Waals surface area contributed by atoms with E-state index in [-0.39, 0.29) is 61.9 Å². The molecular weight excluding hydrogens is 676 g/mol. The van der Waals surface area contributed by atoms with Gasteiger partial charge in [0.15, 0.2) is 0 Å². The molecule has 4 N–H and O–H groups in total. The zero-order chi connectivity index (χ0) is 35.3. The van der Waals surface area contributed by atoms with Crippen LogP contribution in [-0.4, -0.2) is 80.5 Å². The Morgan fingerprint density at radius 1 is 0.765 bits per heavy atom. The van der Waals surface area contributed by atoms with Crippen LogP contribution in [-0.2, 0) is 54.6 Å². The molecule has 0 radical (unpaired) electrons. The number of esters is 2. The van der Waals surface area contributed by atoms with Gasteiger partial charge in [0.05, 0.1) is 43.0 Å². The summed E-state index contributed by atoms with van der Waals surface area (Å²) in [7, 11) is 0. The maximum absolute atomic E-state index is 12.6. The Morgan fingerprint density at radius 2 is 1.25 bits per heavy atom. The number of rotatable bonds is 8. The fourth-order valence-corrected chi connectivity index (χ4v) is 7.43. The van der Waals surface area contributed by atoms with Crippen molar-refractivity contribution in [3.8, 4) is 0 Å². The summed E-state index contributed by atoms with van der Waals surface area (Å²) < 4.78 is 10.0. The number of fused-ring (bicyclic) bond motifs is 2. The zero-order valence-corrected chi connectivity index (χ0v) is 31.0. The minimum absolute atomic E-state index is 0. The van der Waals surface area contributed by atoms with Crippen molar-refractivity contribution in [2.45, 2.75) is 125 Å². The summed E-state index contributed by atoms with van der Waals surface area (Å²) in [4.78, 5) is 48.2. The molecule has 0 aromatic carbocycles. The molecule has 2 aromatic heterocycles. The van der Waals surface area contributed by atoms with E-state index in [9.17, 15) is 19.2 Å². The Balaban J connectivity index is 0.000000286. The maximum Gasteiger partial charge on any atom is 0.308 e. The van der Waals surface area contributed by atoms with Gasteiger partial charge >= 0.3 is 17.9 Å². The molecule has 2 saturated carbocycles. The zero-order valence-electron chi connectivity index (χ0n) is 30.2. The predicted octanol–water partition coefficient (Wildman–Crippen LogP) is 5.61. The molecule has 288 valence electrons. The molecule has 1 amide bonds. The number of carbonyl (C=O) groups is 4. The Hall–Kier alpha value is -3.45. The van der Waals surface area contributed by atoms with Crippen molar-refractivity contribution in [1.82, 2.24) is 30.6 Å². The van der Waals surface area contributed by atoms with Crippen LogP contribution in [0.1, 0.15) is 119 Å². The quantitative estimate of drug-likeness (QED) is 0.249. The molecule has 2 aliphatic carbocycles. The summed E-state index contributed by atoms with van der Waals surface area (Å²) in [6, 6.07) is 0. The van der Waals surface area contributed by atoms with Gasteiger partial charge in [0, 0.05) is 37.3 Å². The fraction of sp³-hybridized carbons (Fsp3) is 0.730. The lowest BCUT2D eigenvalue weighted by atomic mass is 9.80. The third-order valence-corrected chi connectivity index (χ3v) is 10.3. The first kappa shape index (κ1) is 43.7. The minimum atomic E-state index is -0.741. The number of amides is 1. The van der Waals surface area contributed by atoms with E-state index in [1.54, 1.807) is 6.92 Å². The average Bonchev–Trinajstić information content (AvgIpc) is 3.67. The van der Waals surface area contributed by atoms with Gasteiger partial charge in [-0.3, -0.25) is 29.4 Å². The smallest absolute Gasteiger partial charge is 0.308 e. The molecule has 13 nitrogen and oxygen atoms in total. The van der Waals surface area contributed by atoms with Crippen LogP contribution in [0.2, 0.25) is 0 Å². The highest BCUT2D eigenvalue weighted by Gasteiger charge is 2.31. The van der Waals surface area contributed by atoms with Crippen molar-refractivity contribution >= 4 is 36.2 Å². The van der Waals surface area contributed by atoms with E-state index in [1.165, 1.54) is 22.5 Å². The van der Waals surface area contributed by atoms with E-state index in [2.05, 4.69) is 32.6 Å². The number of carboxylic acids is 1. The lowest BCUT2D eigenvalue weighted by Crippen LogP contribution is -2.37. The minimum Gasteiger partial charge on any atom is -0.481 e. The topological polar surface area (TPSA) is 180 Å². The monoisotopic (exact) mass is 736 g/mol. The second kappa shape index (κ2) is 21.8. The van der Waals surface area contributed by atoms with Gasteiger partial charge in [-0.1, -0.05) is 7.43 Å². The van der Waals surface area contributed by atoms with Crippen molar-refractivity contribution in [2.75, 3.05) is 26.3 Å². The molecule has 14 heteroatoms. The molecule has 2 aliphatic heterocycles. The Labute approximate surface area is 309 Å². The molecule has 2 fully saturated rings. The second-order valence-electron chi connectivity index (χ2n) is 13.8. The van der Waals surface area contributed by atoms with Gasteiger partial charge in [-0.2, -0.15) is 10.2 Å². The number of aliphatic carboxylic acids is 1. The number of hydrogen-bond donors (Lipinski definition) is 4. The van der Waals surface area contributed by atoms with Crippen molar-refractivity contribution < 1.29 is 33.8 Å². The number of aromatic nitrogens is 4. The number of H-pyrrole nitrogens is 2. The van der Waals surface area contributed by atoms with E-state index in [4.69, 9.17) is 14.6 Å². The summed E-state index contributed by atoms with van der Waals surface area (Å²) >= 11 is 0. The van der Waals surface area contributed by atoms with Gasteiger partial charge in [-0.25, -0.2) is 0 Å². The summed E-state index contributed by atoms with van der Waals surface area (Å²) in [5.74, 6) is -0.0453. The van der Waals surface area contributed by atoms with Gasteiger partial charge in [0.2, 0.25) is 5.91 Å². The van der Waals surface area contributed by atoms with Crippen LogP contribution in [0.25, 0.3) is 0 Å². The maximum atomic E-state index is 12.6. The normalized spacial score (nSPS) is 22.1. The Kier molecular flexibility index (Phi) is 18.7. The van der Waals surface area contributed by atoms with E-state index >= 15 is 0 Å². The van der Waals surface area contributed by atoms with Crippen molar-refractivity contribution in [2.24, 2.45) is 23.7 Å². The Morgan fingerprint density at radius 3 is 1.75 bits per heavy atom. The van der Waals surface area contributed by atoms with Crippen molar-refractivity contribution in [3.05, 3.63) is 33.9 Å². The molecule has 4 aliphatic rings. The van der Waals surface area contributed by atoms with E-state index in [1.807, 2.05) is 18.7 Å². The first-order valence-corrected chi connectivity index (χ1v) is 18.2. The van der Waals surface area contributed by atoms with Gasteiger partial charge in [-0.05, 0) is 121 Å². The van der Waals surface area contributed by atoms with Gasteiger partial charge in [0.1, 0.15) is 0 Å². The molecule has 51 heavy (non-hydrogen) atoms. The van der Waals surface area contributed by atoms with Crippen LogP contribution in [0.15, 0.2) is 0 Å². The fourth-order valence-electron chi connectivity index (χ4n) is 7.43. The number of aromatic amines is 2. The third-order valence-electron chi connectivity index (χ3n) is 10.3. The highest BCUT2D eigenvalue weighted by molar-refractivity contribution is 5.85. The number of nitrogens with zero attached hydrogens (tertiary/aromatic N) is 3. The van der Waals surface area contributed by atoms with Crippen LogP contribution in [0.3, 0.4) is 0 Å². The van der Waals surface area contributed by atoms with Crippen LogP contribution < -0.4 is 5.32 Å². The largest absolute Gasteiger partial charge is 0.481 e. The highest BCUT2D eigenvalue weighted by atomic mass is 35.5. The van der Waals surface area contributed by atoms with Crippen LogP contribution in [0.4, 0.5) is 0 Å². The lowest BCUT2D eigenvalue weighted by molar-refractivity contribution is -0.150. The van der Waals surface area contributed by atoms with Crippen LogP contribution in [0, 0.1) is 37.5 Å². The number of carboxylic acid groups (broad SMARTS) is 1. The van der Waals surface area contributed by atoms with Gasteiger partial charge in [0.25, 0.3) is 0 Å². The van der Waals surface area contributed by atoms with Crippen molar-refractivity contribution in [1.29, 1.82) is 0 Å². The number of ether oxygens (including phenoxy) is 2. The van der Waals surface area contributed by atoms with Crippen LogP contribution in [0.5, 0.6) is 0 Å². The molecule has 0 saturated heterocycles. The molecule has 0 bridgehead atoms. The third kappa shape index (κ3) is 12.9. The number of nitrogens with one attached hydrogen (secondary N) is 3.